The standard InChI is InChI=1S/C17H26N2O4/c1-14(23-16-6-3-5-15(13-16)21-2)17(20)18-7-4-8-19-9-11-22-12-10-19/h3,5-6,13-14H,4,7-12H2,1-2H3,(H,18,20)/t14-/m1/s1. The van der Waals surface area contributed by atoms with Gasteiger partial charge in [-0.1, -0.05) is 6.07 Å². The Morgan fingerprint density at radius 2 is 2.09 bits per heavy atom. The SMILES string of the molecule is COc1cccc(O[C@H](C)C(=O)NCCCN2CCOCC2)c1. The molecule has 23 heavy (non-hydrogen) atoms. The average Bonchev–Trinajstić information content (AvgIpc) is 2.59. The summed E-state index contributed by atoms with van der Waals surface area (Å²) in [4.78, 5) is 14.4. The van der Waals surface area contributed by atoms with Gasteiger partial charge in [0.1, 0.15) is 11.5 Å². The molecule has 1 aliphatic heterocycles. The molecule has 0 radical (unpaired) electrons. The highest BCUT2D eigenvalue weighted by Gasteiger charge is 2.15. The molecule has 0 saturated carbocycles. The molecule has 6 heteroatoms. The minimum atomic E-state index is -0.537. The van der Waals surface area contributed by atoms with Crippen LogP contribution in [-0.4, -0.2) is 63.4 Å². The van der Waals surface area contributed by atoms with E-state index in [0.717, 1.165) is 39.3 Å². The minimum Gasteiger partial charge on any atom is -0.497 e. The van der Waals surface area contributed by atoms with Gasteiger partial charge in [0.25, 0.3) is 5.91 Å². The van der Waals surface area contributed by atoms with Crippen LogP contribution in [0.15, 0.2) is 24.3 Å². The smallest absolute Gasteiger partial charge is 0.260 e. The monoisotopic (exact) mass is 322 g/mol. The van der Waals surface area contributed by atoms with Crippen molar-refractivity contribution >= 4 is 5.91 Å². The molecule has 1 fully saturated rings. The van der Waals surface area contributed by atoms with Crippen LogP contribution >= 0.6 is 0 Å². The van der Waals surface area contributed by atoms with E-state index in [4.69, 9.17) is 14.2 Å². The zero-order valence-corrected chi connectivity index (χ0v) is 13.9. The molecule has 1 heterocycles. The number of carbonyl (C=O) groups is 1. The van der Waals surface area contributed by atoms with Crippen molar-refractivity contribution in [3.05, 3.63) is 24.3 Å². The predicted octanol–water partition coefficient (Wildman–Crippen LogP) is 1.30. The van der Waals surface area contributed by atoms with Crippen LogP contribution in [0.5, 0.6) is 11.5 Å². The summed E-state index contributed by atoms with van der Waals surface area (Å²) in [5, 5.41) is 2.92. The van der Waals surface area contributed by atoms with Crippen molar-refractivity contribution < 1.29 is 19.0 Å². The molecule has 0 bridgehead atoms. The molecular weight excluding hydrogens is 296 g/mol. The Morgan fingerprint density at radius 3 is 2.83 bits per heavy atom. The summed E-state index contributed by atoms with van der Waals surface area (Å²) in [6.45, 7) is 6.94. The van der Waals surface area contributed by atoms with Crippen molar-refractivity contribution in [2.24, 2.45) is 0 Å². The van der Waals surface area contributed by atoms with Crippen LogP contribution in [0.25, 0.3) is 0 Å². The van der Waals surface area contributed by atoms with Gasteiger partial charge in [0.05, 0.1) is 20.3 Å². The van der Waals surface area contributed by atoms with Gasteiger partial charge in [0.2, 0.25) is 0 Å². The summed E-state index contributed by atoms with van der Waals surface area (Å²) in [5.74, 6) is 1.23. The van der Waals surface area contributed by atoms with Crippen molar-refractivity contribution in [2.75, 3.05) is 46.5 Å². The van der Waals surface area contributed by atoms with Gasteiger partial charge in [0, 0.05) is 25.7 Å². The molecule has 1 saturated heterocycles. The lowest BCUT2D eigenvalue weighted by atomic mass is 10.3. The average molecular weight is 322 g/mol. The third-order valence-corrected chi connectivity index (χ3v) is 3.78. The Labute approximate surface area is 137 Å². The highest BCUT2D eigenvalue weighted by Crippen LogP contribution is 2.19. The molecule has 6 nitrogen and oxygen atoms in total. The van der Waals surface area contributed by atoms with Crippen LogP contribution in [0, 0.1) is 0 Å². The first-order chi connectivity index (χ1) is 11.2. The van der Waals surface area contributed by atoms with E-state index in [0.29, 0.717) is 18.0 Å². The number of methoxy groups -OCH3 is 1. The second kappa shape index (κ2) is 9.37. The number of ether oxygens (including phenoxy) is 3. The van der Waals surface area contributed by atoms with E-state index >= 15 is 0 Å². The largest absolute Gasteiger partial charge is 0.497 e. The van der Waals surface area contributed by atoms with Crippen molar-refractivity contribution in [1.82, 2.24) is 10.2 Å². The van der Waals surface area contributed by atoms with Crippen molar-refractivity contribution in [1.29, 1.82) is 0 Å². The second-order valence-corrected chi connectivity index (χ2v) is 5.54. The fraction of sp³-hybridized carbons (Fsp3) is 0.588. The Hall–Kier alpha value is -1.79. The molecule has 128 valence electrons. The van der Waals surface area contributed by atoms with Gasteiger partial charge in [-0.2, -0.15) is 0 Å². The van der Waals surface area contributed by atoms with E-state index in [2.05, 4.69) is 10.2 Å². The molecule has 1 N–H and O–H groups in total. The summed E-state index contributed by atoms with van der Waals surface area (Å²) in [7, 11) is 1.60. The first-order valence-electron chi connectivity index (χ1n) is 8.07. The summed E-state index contributed by atoms with van der Waals surface area (Å²) in [6, 6.07) is 7.25. The second-order valence-electron chi connectivity index (χ2n) is 5.54. The van der Waals surface area contributed by atoms with E-state index < -0.39 is 6.10 Å². The van der Waals surface area contributed by atoms with Gasteiger partial charge in [-0.25, -0.2) is 0 Å². The molecule has 1 aromatic carbocycles. The van der Waals surface area contributed by atoms with Crippen molar-refractivity contribution in [3.8, 4) is 11.5 Å². The van der Waals surface area contributed by atoms with Gasteiger partial charge in [-0.05, 0) is 32.0 Å². The highest BCUT2D eigenvalue weighted by molar-refractivity contribution is 5.80. The van der Waals surface area contributed by atoms with Crippen molar-refractivity contribution in [3.63, 3.8) is 0 Å². The molecular formula is C17H26N2O4. The van der Waals surface area contributed by atoms with Gasteiger partial charge < -0.3 is 19.5 Å². The number of nitrogens with one attached hydrogen (secondary N) is 1. The molecule has 1 aliphatic rings. The Bertz CT molecular complexity index is 489. The third kappa shape index (κ3) is 6.08. The predicted molar refractivity (Wildman–Crippen MR) is 88.0 cm³/mol. The highest BCUT2D eigenvalue weighted by atomic mass is 16.5. The maximum absolute atomic E-state index is 12.1. The number of morpholine rings is 1. The van der Waals surface area contributed by atoms with Crippen LogP contribution in [-0.2, 0) is 9.53 Å². The van der Waals surface area contributed by atoms with Crippen LogP contribution in [0.1, 0.15) is 13.3 Å². The number of carbonyl (C=O) groups excluding carboxylic acids is 1. The summed E-state index contributed by atoms with van der Waals surface area (Å²) in [5.41, 5.74) is 0. The lowest BCUT2D eigenvalue weighted by Gasteiger charge is -2.26. The van der Waals surface area contributed by atoms with E-state index in [-0.39, 0.29) is 5.91 Å². The zero-order chi connectivity index (χ0) is 16.5. The van der Waals surface area contributed by atoms with Gasteiger partial charge in [-0.3, -0.25) is 9.69 Å². The van der Waals surface area contributed by atoms with Crippen molar-refractivity contribution in [2.45, 2.75) is 19.4 Å². The topological polar surface area (TPSA) is 60.0 Å². The number of amides is 1. The Balaban J connectivity index is 1.65. The van der Waals surface area contributed by atoms with Gasteiger partial charge >= 0.3 is 0 Å². The fourth-order valence-corrected chi connectivity index (χ4v) is 2.41. The number of hydrogen-bond acceptors (Lipinski definition) is 5. The lowest BCUT2D eigenvalue weighted by molar-refractivity contribution is -0.127. The quantitative estimate of drug-likeness (QED) is 0.731. The first-order valence-corrected chi connectivity index (χ1v) is 8.07. The number of nitrogens with zero attached hydrogens (tertiary/aromatic N) is 1. The summed E-state index contributed by atoms with van der Waals surface area (Å²) >= 11 is 0. The molecule has 0 unspecified atom stereocenters. The lowest BCUT2D eigenvalue weighted by Crippen LogP contribution is -2.40. The van der Waals surface area contributed by atoms with Crippen LogP contribution in [0.2, 0.25) is 0 Å². The molecule has 0 aromatic heterocycles. The van der Waals surface area contributed by atoms with Crippen LogP contribution in [0.3, 0.4) is 0 Å². The molecule has 1 amide bonds. The number of hydrogen-bond donors (Lipinski definition) is 1. The van der Waals surface area contributed by atoms with E-state index in [1.165, 1.54) is 0 Å². The summed E-state index contributed by atoms with van der Waals surface area (Å²) in [6.07, 6.45) is 0.392. The summed E-state index contributed by atoms with van der Waals surface area (Å²) < 4.78 is 16.1. The number of rotatable bonds is 8. The van der Waals surface area contributed by atoms with E-state index in [1.54, 1.807) is 20.1 Å². The Kier molecular flexibility index (Phi) is 7.16. The van der Waals surface area contributed by atoms with Crippen LogP contribution < -0.4 is 14.8 Å². The zero-order valence-electron chi connectivity index (χ0n) is 13.9. The maximum Gasteiger partial charge on any atom is 0.260 e. The minimum absolute atomic E-state index is 0.102. The first kappa shape index (κ1) is 17.6. The molecule has 1 atom stereocenters. The molecule has 0 aliphatic carbocycles. The third-order valence-electron chi connectivity index (χ3n) is 3.78. The molecule has 0 spiro atoms. The Morgan fingerprint density at radius 1 is 1.35 bits per heavy atom. The number of benzene rings is 1. The molecule has 2 rings (SSSR count). The van der Waals surface area contributed by atoms with Crippen LogP contribution in [0.4, 0.5) is 0 Å². The fourth-order valence-electron chi connectivity index (χ4n) is 2.41. The molecule has 1 aromatic rings. The van der Waals surface area contributed by atoms with Gasteiger partial charge in [-0.15, -0.1) is 0 Å². The normalized spacial score (nSPS) is 16.6. The van der Waals surface area contributed by atoms with Gasteiger partial charge in [0.15, 0.2) is 6.10 Å². The van der Waals surface area contributed by atoms with E-state index in [1.807, 2.05) is 18.2 Å². The van der Waals surface area contributed by atoms with E-state index in [9.17, 15) is 4.79 Å². The maximum atomic E-state index is 12.1.